The summed E-state index contributed by atoms with van der Waals surface area (Å²) < 4.78 is 7.00. The Hall–Kier alpha value is -2.17. The maximum Gasteiger partial charge on any atom is 0.143 e. The number of aromatic nitrogens is 2. The van der Waals surface area contributed by atoms with E-state index in [1.54, 1.807) is 11.8 Å². The van der Waals surface area contributed by atoms with Crippen LogP contribution in [-0.2, 0) is 13.5 Å². The van der Waals surface area contributed by atoms with Crippen LogP contribution in [0.1, 0.15) is 12.6 Å². The molecule has 5 heteroatoms. The Labute approximate surface area is 107 Å². The first kappa shape index (κ1) is 12.3. The molecule has 0 bridgehead atoms. The van der Waals surface area contributed by atoms with E-state index in [1.165, 1.54) is 0 Å². The van der Waals surface area contributed by atoms with E-state index in [0.29, 0.717) is 11.4 Å². The normalized spacial score (nSPS) is 10.4. The quantitative estimate of drug-likeness (QED) is 0.812. The maximum absolute atomic E-state index is 5.78. The fourth-order valence-electron chi connectivity index (χ4n) is 1.84. The number of aryl methyl sites for hydroxylation is 2. The minimum absolute atomic E-state index is 0.630. The van der Waals surface area contributed by atoms with Gasteiger partial charge in [0, 0.05) is 25.0 Å². The monoisotopic (exact) mass is 246 g/mol. The second-order valence-electron chi connectivity index (χ2n) is 4.10. The lowest BCUT2D eigenvalue weighted by Crippen LogP contribution is -1.96. The van der Waals surface area contributed by atoms with Crippen molar-refractivity contribution in [1.29, 1.82) is 0 Å². The van der Waals surface area contributed by atoms with Gasteiger partial charge in [0.2, 0.25) is 0 Å². The molecule has 0 amide bonds. The number of nitrogens with one attached hydrogen (secondary N) is 1. The van der Waals surface area contributed by atoms with Crippen LogP contribution in [0.3, 0.4) is 0 Å². The minimum atomic E-state index is 0.630. The SMILES string of the molecule is CCc1nn(C)cc1Nc1ccc(N)c(OC)c1. The molecule has 5 nitrogen and oxygen atoms in total. The van der Waals surface area contributed by atoms with E-state index in [2.05, 4.69) is 17.3 Å². The third-order valence-electron chi connectivity index (χ3n) is 2.75. The molecule has 0 unspecified atom stereocenters. The van der Waals surface area contributed by atoms with Crippen molar-refractivity contribution < 1.29 is 4.74 Å². The highest BCUT2D eigenvalue weighted by atomic mass is 16.5. The summed E-state index contributed by atoms with van der Waals surface area (Å²) >= 11 is 0. The highest BCUT2D eigenvalue weighted by Gasteiger charge is 2.07. The van der Waals surface area contributed by atoms with Gasteiger partial charge in [-0.15, -0.1) is 0 Å². The minimum Gasteiger partial charge on any atom is -0.495 e. The van der Waals surface area contributed by atoms with Gasteiger partial charge in [-0.2, -0.15) is 5.10 Å². The summed E-state index contributed by atoms with van der Waals surface area (Å²) in [5.41, 5.74) is 9.39. The average Bonchev–Trinajstić information content (AvgIpc) is 2.72. The van der Waals surface area contributed by atoms with Gasteiger partial charge in [-0.1, -0.05) is 6.92 Å². The molecule has 0 saturated carbocycles. The molecule has 0 fully saturated rings. The van der Waals surface area contributed by atoms with Crippen molar-refractivity contribution in [2.45, 2.75) is 13.3 Å². The zero-order chi connectivity index (χ0) is 13.1. The first-order valence-electron chi connectivity index (χ1n) is 5.87. The molecule has 1 heterocycles. The Morgan fingerprint density at radius 2 is 2.22 bits per heavy atom. The fraction of sp³-hybridized carbons (Fsp3) is 0.308. The smallest absolute Gasteiger partial charge is 0.143 e. The number of anilines is 3. The zero-order valence-electron chi connectivity index (χ0n) is 10.9. The lowest BCUT2D eigenvalue weighted by molar-refractivity contribution is 0.417. The summed E-state index contributed by atoms with van der Waals surface area (Å²) in [7, 11) is 3.52. The second kappa shape index (κ2) is 5.00. The number of hydrogen-bond donors (Lipinski definition) is 2. The topological polar surface area (TPSA) is 65.1 Å². The molecule has 0 radical (unpaired) electrons. The van der Waals surface area contributed by atoms with Gasteiger partial charge in [0.25, 0.3) is 0 Å². The van der Waals surface area contributed by atoms with E-state index >= 15 is 0 Å². The molecule has 0 aliphatic rings. The van der Waals surface area contributed by atoms with Crippen molar-refractivity contribution in [3.05, 3.63) is 30.1 Å². The highest BCUT2D eigenvalue weighted by Crippen LogP contribution is 2.28. The van der Waals surface area contributed by atoms with Crippen LogP contribution in [0.4, 0.5) is 17.1 Å². The van der Waals surface area contributed by atoms with E-state index < -0.39 is 0 Å². The number of nitrogens with two attached hydrogens (primary N) is 1. The molecule has 0 aliphatic heterocycles. The van der Waals surface area contributed by atoms with Crippen molar-refractivity contribution in [2.24, 2.45) is 7.05 Å². The molecule has 0 saturated heterocycles. The molecular weight excluding hydrogens is 228 g/mol. The molecule has 96 valence electrons. The zero-order valence-corrected chi connectivity index (χ0v) is 10.9. The predicted molar refractivity (Wildman–Crippen MR) is 73.3 cm³/mol. The summed E-state index contributed by atoms with van der Waals surface area (Å²) in [5.74, 6) is 0.668. The van der Waals surface area contributed by atoms with Crippen molar-refractivity contribution in [1.82, 2.24) is 9.78 Å². The van der Waals surface area contributed by atoms with Gasteiger partial charge in [0.1, 0.15) is 5.75 Å². The first-order valence-corrected chi connectivity index (χ1v) is 5.87. The molecule has 2 rings (SSSR count). The van der Waals surface area contributed by atoms with Crippen molar-refractivity contribution >= 4 is 17.1 Å². The van der Waals surface area contributed by atoms with Gasteiger partial charge in [-0.25, -0.2) is 0 Å². The van der Waals surface area contributed by atoms with Crippen LogP contribution in [0.15, 0.2) is 24.4 Å². The Bertz CT molecular complexity index is 548. The van der Waals surface area contributed by atoms with Gasteiger partial charge < -0.3 is 15.8 Å². The Morgan fingerprint density at radius 3 is 2.89 bits per heavy atom. The van der Waals surface area contributed by atoms with Crippen LogP contribution in [0.5, 0.6) is 5.75 Å². The van der Waals surface area contributed by atoms with E-state index in [-0.39, 0.29) is 0 Å². The van der Waals surface area contributed by atoms with Gasteiger partial charge >= 0.3 is 0 Å². The molecule has 18 heavy (non-hydrogen) atoms. The Balaban J connectivity index is 2.28. The van der Waals surface area contributed by atoms with E-state index in [1.807, 2.05) is 31.4 Å². The van der Waals surface area contributed by atoms with Gasteiger partial charge in [-0.05, 0) is 18.6 Å². The number of ether oxygens (including phenoxy) is 1. The maximum atomic E-state index is 5.78. The second-order valence-corrected chi connectivity index (χ2v) is 4.10. The van der Waals surface area contributed by atoms with Gasteiger partial charge in [0.15, 0.2) is 0 Å². The van der Waals surface area contributed by atoms with E-state index in [9.17, 15) is 0 Å². The lowest BCUT2D eigenvalue weighted by Gasteiger charge is -2.09. The molecule has 1 aromatic carbocycles. The molecular formula is C13H18N4O. The standard InChI is InChI=1S/C13H18N4O/c1-4-11-12(8-17(2)16-11)15-9-5-6-10(14)13(7-9)18-3/h5-8,15H,4,14H2,1-3H3. The van der Waals surface area contributed by atoms with E-state index in [0.717, 1.165) is 23.5 Å². The molecule has 2 aromatic rings. The van der Waals surface area contributed by atoms with Gasteiger partial charge in [0.05, 0.1) is 24.2 Å². The van der Waals surface area contributed by atoms with Crippen molar-refractivity contribution in [3.8, 4) is 5.75 Å². The predicted octanol–water partition coefficient (Wildman–Crippen LogP) is 2.32. The largest absolute Gasteiger partial charge is 0.495 e. The average molecular weight is 246 g/mol. The van der Waals surface area contributed by atoms with Crippen LogP contribution < -0.4 is 15.8 Å². The lowest BCUT2D eigenvalue weighted by atomic mass is 10.2. The number of nitrogen functional groups attached to an aromatic ring is 1. The number of benzene rings is 1. The highest BCUT2D eigenvalue weighted by molar-refractivity contribution is 5.67. The summed E-state index contributed by atoms with van der Waals surface area (Å²) in [6.45, 7) is 2.08. The van der Waals surface area contributed by atoms with E-state index in [4.69, 9.17) is 10.5 Å². The van der Waals surface area contributed by atoms with Crippen LogP contribution >= 0.6 is 0 Å². The first-order chi connectivity index (χ1) is 8.63. The number of nitrogens with zero attached hydrogens (tertiary/aromatic N) is 2. The number of hydrogen-bond acceptors (Lipinski definition) is 4. The molecule has 0 atom stereocenters. The molecule has 3 N–H and O–H groups in total. The van der Waals surface area contributed by atoms with Crippen molar-refractivity contribution in [3.63, 3.8) is 0 Å². The molecule has 1 aromatic heterocycles. The molecule has 0 spiro atoms. The molecule has 0 aliphatic carbocycles. The van der Waals surface area contributed by atoms with Crippen LogP contribution in [0.2, 0.25) is 0 Å². The summed E-state index contributed by atoms with van der Waals surface area (Å²) in [6, 6.07) is 5.62. The van der Waals surface area contributed by atoms with Crippen LogP contribution in [-0.4, -0.2) is 16.9 Å². The Kier molecular flexibility index (Phi) is 3.41. The van der Waals surface area contributed by atoms with Crippen molar-refractivity contribution in [2.75, 3.05) is 18.2 Å². The third kappa shape index (κ3) is 2.40. The summed E-state index contributed by atoms with van der Waals surface area (Å²) in [6.07, 6.45) is 2.84. The Morgan fingerprint density at radius 1 is 1.44 bits per heavy atom. The van der Waals surface area contributed by atoms with Gasteiger partial charge in [-0.3, -0.25) is 4.68 Å². The third-order valence-corrected chi connectivity index (χ3v) is 2.75. The van der Waals surface area contributed by atoms with Crippen LogP contribution in [0, 0.1) is 0 Å². The van der Waals surface area contributed by atoms with Crippen LogP contribution in [0.25, 0.3) is 0 Å². The summed E-state index contributed by atoms with van der Waals surface area (Å²) in [5, 5.41) is 7.71. The number of rotatable bonds is 4. The number of methoxy groups -OCH3 is 1. The fourth-order valence-corrected chi connectivity index (χ4v) is 1.84. The summed E-state index contributed by atoms with van der Waals surface area (Å²) in [4.78, 5) is 0.